The summed E-state index contributed by atoms with van der Waals surface area (Å²) in [4.78, 5) is 47.4. The first-order chi connectivity index (χ1) is 11.6. The van der Waals surface area contributed by atoms with Crippen LogP contribution < -0.4 is 10.6 Å². The lowest BCUT2D eigenvalue weighted by molar-refractivity contribution is -0.127. The highest BCUT2D eigenvalue weighted by atomic mass is 16.2. The molecule has 2 amide bonds. The number of unbranched alkanes of at least 4 members (excludes halogenated alkanes) is 1. The van der Waals surface area contributed by atoms with Crippen LogP contribution in [0.5, 0.6) is 0 Å². The van der Waals surface area contributed by atoms with Gasteiger partial charge in [0.1, 0.15) is 0 Å². The van der Waals surface area contributed by atoms with E-state index < -0.39 is 0 Å². The molecule has 2 fully saturated rings. The highest BCUT2D eigenvalue weighted by Crippen LogP contribution is 2.15. The molecule has 2 aliphatic heterocycles. The van der Waals surface area contributed by atoms with Crippen molar-refractivity contribution in [1.29, 1.82) is 0 Å². The smallest absolute Gasteiger partial charge is 0.220 e. The predicted molar refractivity (Wildman–Crippen MR) is 89.3 cm³/mol. The Morgan fingerprint density at radius 1 is 0.750 bits per heavy atom. The quantitative estimate of drug-likeness (QED) is 0.693. The second kappa shape index (κ2) is 9.55. The van der Waals surface area contributed by atoms with Crippen molar-refractivity contribution in [2.24, 2.45) is 0 Å². The minimum Gasteiger partial charge on any atom is -0.346 e. The van der Waals surface area contributed by atoms with E-state index in [9.17, 15) is 19.2 Å². The maximum atomic E-state index is 12.2. The summed E-state index contributed by atoms with van der Waals surface area (Å²) in [6, 6.07) is -0.700. The van der Waals surface area contributed by atoms with E-state index in [1.165, 1.54) is 0 Å². The van der Waals surface area contributed by atoms with Gasteiger partial charge in [0, 0.05) is 25.7 Å². The molecule has 0 aliphatic carbocycles. The zero-order chi connectivity index (χ0) is 17.4. The molecular weight excluding hydrogens is 308 g/mol. The molecule has 0 aromatic heterocycles. The van der Waals surface area contributed by atoms with Gasteiger partial charge in [-0.1, -0.05) is 12.8 Å². The molecule has 6 nitrogen and oxygen atoms in total. The fourth-order valence-corrected chi connectivity index (χ4v) is 3.38. The molecule has 0 aromatic rings. The summed E-state index contributed by atoms with van der Waals surface area (Å²) < 4.78 is 0. The topological polar surface area (TPSA) is 92.3 Å². The van der Waals surface area contributed by atoms with Crippen LogP contribution in [0.15, 0.2) is 0 Å². The first-order valence-corrected chi connectivity index (χ1v) is 9.20. The molecule has 2 saturated heterocycles. The van der Waals surface area contributed by atoms with Gasteiger partial charge >= 0.3 is 0 Å². The number of Topliss-reactive ketones (excluding diaryl/α,β-unsaturated/α-hetero) is 2. The average molecular weight is 336 g/mol. The number of amides is 2. The molecule has 0 radical (unpaired) electrons. The molecule has 2 unspecified atom stereocenters. The van der Waals surface area contributed by atoms with E-state index in [2.05, 4.69) is 10.6 Å². The Balaban J connectivity index is 1.66. The molecule has 6 heteroatoms. The van der Waals surface area contributed by atoms with Crippen LogP contribution in [-0.4, -0.2) is 35.5 Å². The Morgan fingerprint density at radius 2 is 1.17 bits per heavy atom. The number of carbonyl (C=O) groups is 4. The highest BCUT2D eigenvalue weighted by Gasteiger charge is 2.24. The molecule has 0 saturated carbocycles. The van der Waals surface area contributed by atoms with Crippen molar-refractivity contribution in [3.63, 3.8) is 0 Å². The Labute approximate surface area is 143 Å². The van der Waals surface area contributed by atoms with Crippen molar-refractivity contribution >= 4 is 23.4 Å². The van der Waals surface area contributed by atoms with Crippen molar-refractivity contribution in [3.05, 3.63) is 0 Å². The van der Waals surface area contributed by atoms with Gasteiger partial charge < -0.3 is 10.6 Å². The molecule has 134 valence electrons. The number of carbonyl (C=O) groups excluding carboxylic acids is 4. The third-order valence-corrected chi connectivity index (χ3v) is 4.84. The molecule has 2 atom stereocenters. The summed E-state index contributed by atoms with van der Waals surface area (Å²) in [5.74, 6) is 0.0659. The van der Waals surface area contributed by atoms with Crippen LogP contribution >= 0.6 is 0 Å². The summed E-state index contributed by atoms with van der Waals surface area (Å²) in [7, 11) is 0. The molecule has 0 aromatic carbocycles. The first kappa shape index (κ1) is 18.6. The predicted octanol–water partition coefficient (Wildman–Crippen LogP) is 1.80. The summed E-state index contributed by atoms with van der Waals surface area (Å²) >= 11 is 0. The van der Waals surface area contributed by atoms with Gasteiger partial charge in [-0.05, 0) is 38.5 Å². The van der Waals surface area contributed by atoms with Gasteiger partial charge in [-0.15, -0.1) is 0 Å². The number of ketones is 2. The zero-order valence-corrected chi connectivity index (χ0v) is 14.3. The highest BCUT2D eigenvalue weighted by molar-refractivity contribution is 5.90. The van der Waals surface area contributed by atoms with E-state index >= 15 is 0 Å². The second-order valence-corrected chi connectivity index (χ2v) is 6.87. The molecular formula is C18H28N2O4. The van der Waals surface area contributed by atoms with Crippen molar-refractivity contribution in [1.82, 2.24) is 10.6 Å². The number of nitrogens with one attached hydrogen (secondary N) is 2. The maximum absolute atomic E-state index is 12.2. The molecule has 2 N–H and O–H groups in total. The minimum atomic E-state index is -0.350. The van der Waals surface area contributed by atoms with Gasteiger partial charge in [0.25, 0.3) is 0 Å². The summed E-state index contributed by atoms with van der Waals surface area (Å²) in [5.41, 5.74) is 0. The van der Waals surface area contributed by atoms with Crippen LogP contribution in [0.2, 0.25) is 0 Å². The van der Waals surface area contributed by atoms with Crippen LogP contribution in [0.3, 0.4) is 0 Å². The number of hydrogen-bond acceptors (Lipinski definition) is 4. The van der Waals surface area contributed by atoms with Crippen LogP contribution in [-0.2, 0) is 19.2 Å². The largest absolute Gasteiger partial charge is 0.346 e. The lowest BCUT2D eigenvalue weighted by Gasteiger charge is -2.15. The summed E-state index contributed by atoms with van der Waals surface area (Å²) in [6.07, 6.45) is 8.03. The zero-order valence-electron chi connectivity index (χ0n) is 14.3. The fourth-order valence-electron chi connectivity index (χ4n) is 3.38. The Hall–Kier alpha value is -1.72. The van der Waals surface area contributed by atoms with Gasteiger partial charge in [-0.3, -0.25) is 19.2 Å². The second-order valence-electron chi connectivity index (χ2n) is 6.87. The van der Waals surface area contributed by atoms with Crippen LogP contribution in [0.4, 0.5) is 0 Å². The van der Waals surface area contributed by atoms with E-state index in [4.69, 9.17) is 0 Å². The van der Waals surface area contributed by atoms with E-state index in [0.29, 0.717) is 38.5 Å². The van der Waals surface area contributed by atoms with E-state index in [1.807, 2.05) is 0 Å². The van der Waals surface area contributed by atoms with E-state index in [-0.39, 0.29) is 35.5 Å². The Kier molecular flexibility index (Phi) is 7.40. The van der Waals surface area contributed by atoms with E-state index in [0.717, 1.165) is 38.5 Å². The van der Waals surface area contributed by atoms with Crippen LogP contribution in [0, 0.1) is 0 Å². The van der Waals surface area contributed by atoms with Gasteiger partial charge in [0.05, 0.1) is 12.1 Å². The number of hydrogen-bond donors (Lipinski definition) is 2. The summed E-state index contributed by atoms with van der Waals surface area (Å²) in [6.45, 7) is 0. The van der Waals surface area contributed by atoms with Crippen molar-refractivity contribution in [3.8, 4) is 0 Å². The van der Waals surface area contributed by atoms with Crippen molar-refractivity contribution in [2.45, 2.75) is 89.1 Å². The lowest BCUT2D eigenvalue weighted by atomic mass is 9.98. The Morgan fingerprint density at radius 3 is 1.58 bits per heavy atom. The summed E-state index contributed by atoms with van der Waals surface area (Å²) in [5, 5.41) is 5.58. The molecule has 0 spiro atoms. The van der Waals surface area contributed by atoms with Gasteiger partial charge in [-0.25, -0.2) is 0 Å². The van der Waals surface area contributed by atoms with Gasteiger partial charge in [0.15, 0.2) is 11.6 Å². The van der Waals surface area contributed by atoms with Crippen molar-refractivity contribution in [2.75, 3.05) is 0 Å². The monoisotopic (exact) mass is 336 g/mol. The standard InChI is InChI=1S/C18H28N2O4/c21-15(13-7-1-5-11-17(23)19-13)9-3-4-10-16(22)14-8-2-6-12-18(24)20-14/h13-14H,1-12H2,(H,19,23)(H,20,24). The molecule has 2 aliphatic rings. The van der Waals surface area contributed by atoms with E-state index in [1.54, 1.807) is 0 Å². The Bertz CT molecular complexity index is 445. The molecule has 24 heavy (non-hydrogen) atoms. The number of rotatable bonds is 7. The maximum Gasteiger partial charge on any atom is 0.220 e. The third-order valence-electron chi connectivity index (χ3n) is 4.84. The molecule has 2 rings (SSSR count). The molecule has 0 bridgehead atoms. The van der Waals surface area contributed by atoms with Crippen LogP contribution in [0.1, 0.15) is 77.0 Å². The van der Waals surface area contributed by atoms with Gasteiger partial charge in [-0.2, -0.15) is 0 Å². The first-order valence-electron chi connectivity index (χ1n) is 9.20. The third kappa shape index (κ3) is 6.06. The molecule has 2 heterocycles. The minimum absolute atomic E-state index is 0.0369. The van der Waals surface area contributed by atoms with Crippen LogP contribution in [0.25, 0.3) is 0 Å². The SMILES string of the molecule is O=C1CCCCC(C(=O)CCCCC(=O)C2CCCCC(=O)N2)N1. The average Bonchev–Trinajstić information content (AvgIpc) is 2.91. The van der Waals surface area contributed by atoms with Gasteiger partial charge in [0.2, 0.25) is 11.8 Å². The normalized spacial score (nSPS) is 25.2. The lowest BCUT2D eigenvalue weighted by Crippen LogP contribution is -2.39. The fraction of sp³-hybridized carbons (Fsp3) is 0.778. The van der Waals surface area contributed by atoms with Crippen molar-refractivity contribution < 1.29 is 19.2 Å².